The van der Waals surface area contributed by atoms with Crippen LogP contribution >= 0.6 is 0 Å². The Morgan fingerprint density at radius 2 is 2.00 bits per heavy atom. The number of nitriles is 1. The molecule has 4 rings (SSSR count). The maximum Gasteiger partial charge on any atom is 0.235 e. The standard InChI is InChI=1S/C22H22F2N4O/c1-21(2)14-8-9-22(21,20(29)28(3)11-5-10-25)19-13(14)12-17(26-27-19)18-15(23)6-4-7-16(18)24/h4,6-7,12,14H,5,8-9,11H2,1-3H3/t14-,22+/m1/s1. The average molecular weight is 396 g/mol. The molecule has 1 aromatic carbocycles. The van der Waals surface area contributed by atoms with Gasteiger partial charge < -0.3 is 4.90 Å². The van der Waals surface area contributed by atoms with Crippen LogP contribution in [0.15, 0.2) is 24.3 Å². The number of fused-ring (bicyclic) bond motifs is 5. The molecule has 0 saturated heterocycles. The molecule has 7 heteroatoms. The van der Waals surface area contributed by atoms with Gasteiger partial charge in [0.15, 0.2) is 0 Å². The van der Waals surface area contributed by atoms with Crippen molar-refractivity contribution < 1.29 is 13.6 Å². The van der Waals surface area contributed by atoms with Gasteiger partial charge in [0.25, 0.3) is 0 Å². The molecular weight excluding hydrogens is 374 g/mol. The number of likely N-dealkylation sites (N-methyl/N-ethyl adjacent to an activating group) is 1. The number of rotatable bonds is 4. The molecule has 150 valence electrons. The molecule has 1 amide bonds. The Kier molecular flexibility index (Phi) is 4.41. The van der Waals surface area contributed by atoms with Crippen molar-refractivity contribution in [3.8, 4) is 17.3 Å². The van der Waals surface area contributed by atoms with Crippen molar-refractivity contribution >= 4 is 5.91 Å². The fourth-order valence-electron chi connectivity index (χ4n) is 5.31. The summed E-state index contributed by atoms with van der Waals surface area (Å²) in [7, 11) is 1.70. The molecule has 0 unspecified atom stereocenters. The molecule has 5 nitrogen and oxygen atoms in total. The van der Waals surface area contributed by atoms with Crippen LogP contribution in [0.3, 0.4) is 0 Å². The van der Waals surface area contributed by atoms with E-state index in [1.165, 1.54) is 18.2 Å². The number of hydrogen-bond acceptors (Lipinski definition) is 4. The molecule has 0 aliphatic heterocycles. The van der Waals surface area contributed by atoms with E-state index in [1.807, 2.05) is 13.8 Å². The molecular formula is C22H22F2N4O. The molecule has 2 atom stereocenters. The molecule has 0 spiro atoms. The number of carbonyl (C=O) groups excluding carboxylic acids is 1. The second kappa shape index (κ2) is 6.58. The zero-order chi connectivity index (χ0) is 21.0. The summed E-state index contributed by atoms with van der Waals surface area (Å²) in [5, 5.41) is 17.3. The normalized spacial score (nSPS) is 23.5. The minimum atomic E-state index is -0.837. The van der Waals surface area contributed by atoms with E-state index in [0.29, 0.717) is 18.7 Å². The molecule has 1 aromatic heterocycles. The van der Waals surface area contributed by atoms with Gasteiger partial charge in [-0.2, -0.15) is 10.4 Å². The molecule has 2 aromatic rings. The predicted octanol–water partition coefficient (Wildman–Crippen LogP) is 3.95. The second-order valence-electron chi connectivity index (χ2n) is 8.48. The Balaban J connectivity index is 1.83. The van der Waals surface area contributed by atoms with Crippen molar-refractivity contribution in [3.63, 3.8) is 0 Å². The van der Waals surface area contributed by atoms with E-state index >= 15 is 0 Å². The summed E-state index contributed by atoms with van der Waals surface area (Å²) in [6, 6.07) is 7.46. The highest BCUT2D eigenvalue weighted by Crippen LogP contribution is 2.67. The third-order valence-corrected chi connectivity index (χ3v) is 6.87. The van der Waals surface area contributed by atoms with Crippen molar-refractivity contribution in [2.75, 3.05) is 13.6 Å². The van der Waals surface area contributed by atoms with Gasteiger partial charge in [0.2, 0.25) is 5.91 Å². The lowest BCUT2D eigenvalue weighted by molar-refractivity contribution is -0.139. The van der Waals surface area contributed by atoms with E-state index in [9.17, 15) is 13.6 Å². The van der Waals surface area contributed by atoms with Crippen LogP contribution in [0.2, 0.25) is 0 Å². The zero-order valence-corrected chi connectivity index (χ0v) is 16.7. The summed E-state index contributed by atoms with van der Waals surface area (Å²) >= 11 is 0. The molecule has 2 aliphatic rings. The maximum atomic E-state index is 14.3. The number of aromatic nitrogens is 2. The number of nitrogens with zero attached hydrogens (tertiary/aromatic N) is 4. The first-order chi connectivity index (χ1) is 13.8. The van der Waals surface area contributed by atoms with E-state index in [4.69, 9.17) is 5.26 Å². The van der Waals surface area contributed by atoms with Crippen LogP contribution in [-0.4, -0.2) is 34.6 Å². The molecule has 1 heterocycles. The van der Waals surface area contributed by atoms with Crippen LogP contribution in [0.4, 0.5) is 8.78 Å². The Hall–Kier alpha value is -2.88. The van der Waals surface area contributed by atoms with Crippen molar-refractivity contribution in [1.29, 1.82) is 5.26 Å². The van der Waals surface area contributed by atoms with Crippen molar-refractivity contribution in [2.24, 2.45) is 5.41 Å². The summed E-state index contributed by atoms with van der Waals surface area (Å²) in [5.41, 5.74) is 0.146. The van der Waals surface area contributed by atoms with Gasteiger partial charge >= 0.3 is 0 Å². The number of carbonyl (C=O) groups is 1. The number of halogens is 2. The van der Waals surface area contributed by atoms with Gasteiger partial charge in [-0.05, 0) is 47.9 Å². The summed E-state index contributed by atoms with van der Waals surface area (Å²) in [6.07, 6.45) is 1.70. The van der Waals surface area contributed by atoms with Gasteiger partial charge in [-0.25, -0.2) is 8.78 Å². The first-order valence-electron chi connectivity index (χ1n) is 9.70. The number of amides is 1. The van der Waals surface area contributed by atoms with E-state index in [2.05, 4.69) is 16.3 Å². The number of benzene rings is 1. The molecule has 1 fully saturated rings. The quantitative estimate of drug-likeness (QED) is 0.785. The summed E-state index contributed by atoms with van der Waals surface area (Å²) in [5.74, 6) is -1.40. The fourth-order valence-corrected chi connectivity index (χ4v) is 5.31. The molecule has 0 radical (unpaired) electrons. The molecule has 29 heavy (non-hydrogen) atoms. The largest absolute Gasteiger partial charge is 0.344 e. The van der Waals surface area contributed by atoms with Gasteiger partial charge in [-0.15, -0.1) is 5.10 Å². The second-order valence-corrected chi connectivity index (χ2v) is 8.48. The predicted molar refractivity (Wildman–Crippen MR) is 103 cm³/mol. The zero-order valence-electron chi connectivity index (χ0n) is 16.7. The molecule has 1 saturated carbocycles. The molecule has 0 N–H and O–H groups in total. The Labute approximate surface area is 168 Å². The lowest BCUT2D eigenvalue weighted by atomic mass is 9.67. The van der Waals surface area contributed by atoms with E-state index < -0.39 is 22.5 Å². The van der Waals surface area contributed by atoms with Crippen LogP contribution in [0.5, 0.6) is 0 Å². The smallest absolute Gasteiger partial charge is 0.235 e. The van der Waals surface area contributed by atoms with Crippen LogP contribution in [0.25, 0.3) is 11.3 Å². The highest BCUT2D eigenvalue weighted by Gasteiger charge is 2.67. The third kappa shape index (κ3) is 2.51. The maximum absolute atomic E-state index is 14.3. The summed E-state index contributed by atoms with van der Waals surface area (Å²) in [4.78, 5) is 15.1. The average Bonchev–Trinajstić information content (AvgIpc) is 3.06. The lowest BCUT2D eigenvalue weighted by Crippen LogP contribution is -2.50. The fraction of sp³-hybridized carbons (Fsp3) is 0.455. The van der Waals surface area contributed by atoms with Crippen molar-refractivity contribution in [1.82, 2.24) is 15.1 Å². The van der Waals surface area contributed by atoms with Crippen LogP contribution in [0.1, 0.15) is 50.3 Å². The van der Waals surface area contributed by atoms with Crippen molar-refractivity contribution in [2.45, 2.75) is 44.4 Å². The molecule has 2 bridgehead atoms. The van der Waals surface area contributed by atoms with Gasteiger partial charge in [0, 0.05) is 13.6 Å². The van der Waals surface area contributed by atoms with Gasteiger partial charge in [0.05, 0.1) is 34.9 Å². The SMILES string of the molecule is CN(CCC#N)C(=O)[C@]12CC[C@H](c3cc(-c4c(F)cccc4F)nnc31)C2(C)C. The van der Waals surface area contributed by atoms with Crippen molar-refractivity contribution in [3.05, 3.63) is 47.2 Å². The van der Waals surface area contributed by atoms with Gasteiger partial charge in [0.1, 0.15) is 11.6 Å². The highest BCUT2D eigenvalue weighted by atomic mass is 19.1. The monoisotopic (exact) mass is 396 g/mol. The van der Waals surface area contributed by atoms with Crippen LogP contribution < -0.4 is 0 Å². The van der Waals surface area contributed by atoms with E-state index in [0.717, 1.165) is 12.0 Å². The van der Waals surface area contributed by atoms with E-state index in [1.54, 1.807) is 18.0 Å². The minimum absolute atomic E-state index is 0.0508. The summed E-state index contributed by atoms with van der Waals surface area (Å²) < 4.78 is 28.5. The number of hydrogen-bond donors (Lipinski definition) is 0. The molecule has 2 aliphatic carbocycles. The lowest BCUT2D eigenvalue weighted by Gasteiger charge is -2.39. The first kappa shape index (κ1) is 19.4. The van der Waals surface area contributed by atoms with Crippen LogP contribution in [0, 0.1) is 28.4 Å². The van der Waals surface area contributed by atoms with E-state index in [-0.39, 0.29) is 29.5 Å². The highest BCUT2D eigenvalue weighted by molar-refractivity contribution is 5.91. The van der Waals surface area contributed by atoms with Gasteiger partial charge in [-0.1, -0.05) is 19.9 Å². The first-order valence-corrected chi connectivity index (χ1v) is 9.70. The Morgan fingerprint density at radius 3 is 2.66 bits per heavy atom. The topological polar surface area (TPSA) is 69.9 Å². The summed E-state index contributed by atoms with van der Waals surface area (Å²) in [6.45, 7) is 4.44. The minimum Gasteiger partial charge on any atom is -0.344 e. The Bertz CT molecular complexity index is 1030. The van der Waals surface area contributed by atoms with Crippen LogP contribution in [-0.2, 0) is 10.2 Å². The van der Waals surface area contributed by atoms with Gasteiger partial charge in [-0.3, -0.25) is 4.79 Å². The third-order valence-electron chi connectivity index (χ3n) is 6.87. The Morgan fingerprint density at radius 1 is 1.31 bits per heavy atom.